The molecule has 0 aliphatic carbocycles. The molecule has 0 fully saturated rings. The Balaban J connectivity index is 2.53. The van der Waals surface area contributed by atoms with Crippen LogP contribution >= 0.6 is 15.9 Å². The van der Waals surface area contributed by atoms with Crippen molar-refractivity contribution in [2.75, 3.05) is 30.4 Å². The zero-order valence-electron chi connectivity index (χ0n) is 9.77. The van der Waals surface area contributed by atoms with Gasteiger partial charge in [-0.1, -0.05) is 15.9 Å². The highest BCUT2D eigenvalue weighted by Gasteiger charge is 2.25. The predicted octanol–water partition coefficient (Wildman–Crippen LogP) is 3.52. The van der Waals surface area contributed by atoms with Crippen LogP contribution in [-0.4, -0.2) is 20.1 Å². The van der Waals surface area contributed by atoms with Crippen molar-refractivity contribution in [2.24, 2.45) is 0 Å². The average Bonchev–Trinajstić information content (AvgIpc) is 2.17. The van der Waals surface area contributed by atoms with E-state index >= 15 is 0 Å². The lowest BCUT2D eigenvalue weighted by Crippen LogP contribution is -2.30. The Morgan fingerprint density at radius 3 is 2.75 bits per heavy atom. The van der Waals surface area contributed by atoms with Crippen LogP contribution in [0, 0.1) is 0 Å². The normalized spacial score (nSPS) is 15.7. The average molecular weight is 287 g/mol. The van der Waals surface area contributed by atoms with Gasteiger partial charge in [-0.25, -0.2) is 4.39 Å². The molecule has 16 heavy (non-hydrogen) atoms. The lowest BCUT2D eigenvalue weighted by atomic mass is 9.98. The smallest absolute Gasteiger partial charge is 0.131 e. The second-order valence-corrected chi connectivity index (χ2v) is 5.52. The Morgan fingerprint density at radius 2 is 2.12 bits per heavy atom. The highest BCUT2D eigenvalue weighted by atomic mass is 79.9. The van der Waals surface area contributed by atoms with E-state index in [2.05, 4.69) is 26.1 Å². The standard InChI is InChI=1S/C12H16BrFN2/c1-12(2,14)8-6-10-11(7-9(8)13)16(3)5-4-15-10/h6-7,15H,4-5H2,1-3H3. The van der Waals surface area contributed by atoms with E-state index in [1.807, 2.05) is 19.2 Å². The van der Waals surface area contributed by atoms with Crippen LogP contribution in [0.25, 0.3) is 0 Å². The van der Waals surface area contributed by atoms with Gasteiger partial charge in [0.1, 0.15) is 5.67 Å². The first kappa shape index (κ1) is 11.7. The monoisotopic (exact) mass is 286 g/mol. The molecule has 1 aromatic carbocycles. The number of nitrogens with one attached hydrogen (secondary N) is 1. The third kappa shape index (κ3) is 2.03. The van der Waals surface area contributed by atoms with Crippen LogP contribution in [-0.2, 0) is 5.67 Å². The lowest BCUT2D eigenvalue weighted by molar-refractivity contribution is 0.220. The lowest BCUT2D eigenvalue weighted by Gasteiger charge is -2.30. The molecule has 1 N–H and O–H groups in total. The minimum Gasteiger partial charge on any atom is -0.382 e. The summed E-state index contributed by atoms with van der Waals surface area (Å²) < 4.78 is 14.8. The highest BCUT2D eigenvalue weighted by Crippen LogP contribution is 2.39. The molecule has 88 valence electrons. The summed E-state index contributed by atoms with van der Waals surface area (Å²) in [4.78, 5) is 2.17. The van der Waals surface area contributed by atoms with Crippen molar-refractivity contribution in [3.8, 4) is 0 Å². The Kier molecular flexibility index (Phi) is 2.86. The van der Waals surface area contributed by atoms with E-state index in [1.54, 1.807) is 13.8 Å². The van der Waals surface area contributed by atoms with Crippen LogP contribution in [0.2, 0.25) is 0 Å². The fraction of sp³-hybridized carbons (Fsp3) is 0.500. The van der Waals surface area contributed by atoms with Gasteiger partial charge in [0.05, 0.1) is 11.4 Å². The second kappa shape index (κ2) is 3.91. The number of nitrogens with zero attached hydrogens (tertiary/aromatic N) is 1. The van der Waals surface area contributed by atoms with Gasteiger partial charge in [-0.15, -0.1) is 0 Å². The molecule has 2 rings (SSSR count). The summed E-state index contributed by atoms with van der Waals surface area (Å²) in [7, 11) is 2.05. The number of benzene rings is 1. The molecule has 4 heteroatoms. The number of hydrogen-bond donors (Lipinski definition) is 1. The molecule has 0 unspecified atom stereocenters. The number of hydrogen-bond acceptors (Lipinski definition) is 2. The van der Waals surface area contributed by atoms with Crippen molar-refractivity contribution < 1.29 is 4.39 Å². The third-order valence-corrected chi connectivity index (χ3v) is 3.56. The maximum absolute atomic E-state index is 14.0. The van der Waals surface area contributed by atoms with E-state index in [4.69, 9.17) is 0 Å². The second-order valence-electron chi connectivity index (χ2n) is 4.67. The number of anilines is 2. The molecule has 1 aromatic rings. The van der Waals surface area contributed by atoms with Gasteiger partial charge in [0.2, 0.25) is 0 Å². The first-order valence-corrected chi connectivity index (χ1v) is 6.17. The summed E-state index contributed by atoms with van der Waals surface area (Å²) in [6, 6.07) is 3.88. The fourth-order valence-electron chi connectivity index (χ4n) is 1.95. The number of fused-ring (bicyclic) bond motifs is 1. The zero-order valence-corrected chi connectivity index (χ0v) is 11.4. The molecule has 0 atom stereocenters. The van der Waals surface area contributed by atoms with E-state index in [-0.39, 0.29) is 0 Å². The van der Waals surface area contributed by atoms with Crippen LogP contribution in [0.1, 0.15) is 19.4 Å². The number of rotatable bonds is 1. The Bertz CT molecular complexity index is 412. The molecule has 0 bridgehead atoms. The molecule has 0 amide bonds. The van der Waals surface area contributed by atoms with Crippen LogP contribution < -0.4 is 10.2 Å². The molecule has 0 radical (unpaired) electrons. The molecular formula is C12H16BrFN2. The number of likely N-dealkylation sites (N-methyl/N-ethyl adjacent to an activating group) is 1. The van der Waals surface area contributed by atoms with Crippen molar-refractivity contribution in [2.45, 2.75) is 19.5 Å². The van der Waals surface area contributed by atoms with Crippen molar-refractivity contribution in [3.63, 3.8) is 0 Å². The summed E-state index contributed by atoms with van der Waals surface area (Å²) in [5, 5.41) is 3.30. The van der Waals surface area contributed by atoms with E-state index in [0.717, 1.165) is 28.9 Å². The number of alkyl halides is 1. The summed E-state index contributed by atoms with van der Waals surface area (Å²) in [6.07, 6.45) is 0. The molecule has 0 saturated carbocycles. The van der Waals surface area contributed by atoms with Crippen molar-refractivity contribution in [1.29, 1.82) is 0 Å². The summed E-state index contributed by atoms with van der Waals surface area (Å²) in [5.74, 6) is 0. The van der Waals surface area contributed by atoms with Crippen molar-refractivity contribution in [1.82, 2.24) is 0 Å². The largest absolute Gasteiger partial charge is 0.382 e. The molecule has 1 aliphatic rings. The number of halogens is 2. The predicted molar refractivity (Wildman–Crippen MR) is 70.0 cm³/mol. The SMILES string of the molecule is CN1CCNc2cc(C(C)(C)F)c(Br)cc21. The molecule has 1 heterocycles. The maximum Gasteiger partial charge on any atom is 0.131 e. The van der Waals surface area contributed by atoms with Crippen molar-refractivity contribution in [3.05, 3.63) is 22.2 Å². The first-order valence-electron chi connectivity index (χ1n) is 5.37. The van der Waals surface area contributed by atoms with Gasteiger partial charge in [-0.2, -0.15) is 0 Å². The zero-order chi connectivity index (χ0) is 11.9. The van der Waals surface area contributed by atoms with Gasteiger partial charge in [-0.3, -0.25) is 0 Å². The van der Waals surface area contributed by atoms with Gasteiger partial charge in [0.15, 0.2) is 0 Å². The summed E-state index contributed by atoms with van der Waals surface area (Å²) >= 11 is 3.44. The van der Waals surface area contributed by atoms with Gasteiger partial charge < -0.3 is 10.2 Å². The van der Waals surface area contributed by atoms with Crippen LogP contribution in [0.4, 0.5) is 15.8 Å². The maximum atomic E-state index is 14.0. The quantitative estimate of drug-likeness (QED) is 0.850. The van der Waals surface area contributed by atoms with Gasteiger partial charge in [0, 0.05) is 30.2 Å². The van der Waals surface area contributed by atoms with Gasteiger partial charge in [0.25, 0.3) is 0 Å². The minimum absolute atomic E-state index is 0.689. The van der Waals surface area contributed by atoms with E-state index in [1.165, 1.54) is 0 Å². The topological polar surface area (TPSA) is 15.3 Å². The van der Waals surface area contributed by atoms with Crippen molar-refractivity contribution >= 4 is 27.3 Å². The first-order chi connectivity index (χ1) is 7.39. The third-order valence-electron chi connectivity index (χ3n) is 2.90. The molecule has 2 nitrogen and oxygen atoms in total. The Morgan fingerprint density at radius 1 is 1.44 bits per heavy atom. The minimum atomic E-state index is -1.33. The molecule has 0 spiro atoms. The summed E-state index contributed by atoms with van der Waals surface area (Å²) in [6.45, 7) is 5.02. The van der Waals surface area contributed by atoms with Crippen LogP contribution in [0.5, 0.6) is 0 Å². The fourth-order valence-corrected chi connectivity index (χ4v) is 2.76. The highest BCUT2D eigenvalue weighted by molar-refractivity contribution is 9.10. The van der Waals surface area contributed by atoms with E-state index in [0.29, 0.717) is 5.56 Å². The molecular weight excluding hydrogens is 271 g/mol. The van der Waals surface area contributed by atoms with E-state index in [9.17, 15) is 4.39 Å². The van der Waals surface area contributed by atoms with E-state index < -0.39 is 5.67 Å². The van der Waals surface area contributed by atoms with Crippen LogP contribution in [0.3, 0.4) is 0 Å². The Labute approximate surface area is 104 Å². The van der Waals surface area contributed by atoms with Gasteiger partial charge in [-0.05, 0) is 26.0 Å². The van der Waals surface area contributed by atoms with Gasteiger partial charge >= 0.3 is 0 Å². The summed E-state index contributed by atoms with van der Waals surface area (Å²) in [5.41, 5.74) is 1.49. The Hall–Kier alpha value is -0.770. The molecule has 1 aliphatic heterocycles. The van der Waals surface area contributed by atoms with Crippen LogP contribution in [0.15, 0.2) is 16.6 Å². The molecule has 0 aromatic heterocycles. The molecule has 0 saturated heterocycles.